The zero-order valence-electron chi connectivity index (χ0n) is 13.7. The molecule has 25 heavy (non-hydrogen) atoms. The molecule has 0 aliphatic carbocycles. The lowest BCUT2D eigenvalue weighted by Crippen LogP contribution is -2.16. The van der Waals surface area contributed by atoms with Gasteiger partial charge in [0.2, 0.25) is 0 Å². The van der Waals surface area contributed by atoms with Gasteiger partial charge in [0.15, 0.2) is 0 Å². The van der Waals surface area contributed by atoms with Gasteiger partial charge in [0.1, 0.15) is 22.0 Å². The van der Waals surface area contributed by atoms with E-state index in [1.54, 1.807) is 30.7 Å². The van der Waals surface area contributed by atoms with Crippen molar-refractivity contribution in [3.05, 3.63) is 47.6 Å². The molecule has 8 heteroatoms. The molecular weight excluding hydrogens is 340 g/mol. The number of methoxy groups -OCH3 is 1. The Morgan fingerprint density at radius 3 is 2.92 bits per heavy atom. The fourth-order valence-corrected chi connectivity index (χ4v) is 2.99. The number of nitrogens with one attached hydrogen (secondary N) is 2. The molecule has 1 aromatic carbocycles. The van der Waals surface area contributed by atoms with E-state index in [1.807, 2.05) is 30.3 Å². The highest BCUT2D eigenvalue weighted by molar-refractivity contribution is 7.18. The van der Waals surface area contributed by atoms with Crippen LogP contribution in [0.1, 0.15) is 5.01 Å². The molecule has 2 heterocycles. The second kappa shape index (κ2) is 8.41. The van der Waals surface area contributed by atoms with Gasteiger partial charge >= 0.3 is 6.09 Å². The van der Waals surface area contributed by atoms with Crippen molar-refractivity contribution in [3.8, 4) is 0 Å². The molecule has 0 unspecified atom stereocenters. The number of carbonyl (C=O) groups is 1. The van der Waals surface area contributed by atoms with Gasteiger partial charge in [-0.15, -0.1) is 0 Å². The average Bonchev–Trinajstić information content (AvgIpc) is 3.03. The van der Waals surface area contributed by atoms with Crippen LogP contribution in [0.25, 0.3) is 10.3 Å². The van der Waals surface area contributed by atoms with E-state index < -0.39 is 6.09 Å². The number of pyridine rings is 1. The Hall–Kier alpha value is -2.71. The van der Waals surface area contributed by atoms with Crippen LogP contribution in [0.5, 0.6) is 0 Å². The van der Waals surface area contributed by atoms with Crippen molar-refractivity contribution in [2.75, 3.05) is 31.0 Å². The summed E-state index contributed by atoms with van der Waals surface area (Å²) in [5, 5.41) is 6.93. The zero-order chi connectivity index (χ0) is 17.5. The molecule has 0 radical (unpaired) electrons. The molecule has 0 atom stereocenters. The van der Waals surface area contributed by atoms with Crippen molar-refractivity contribution in [1.29, 1.82) is 0 Å². The van der Waals surface area contributed by atoms with Crippen LogP contribution in [0.4, 0.5) is 16.2 Å². The van der Waals surface area contributed by atoms with E-state index in [9.17, 15) is 4.79 Å². The minimum absolute atomic E-state index is 0.214. The number of thiazole rings is 1. The maximum absolute atomic E-state index is 11.7. The van der Waals surface area contributed by atoms with Gasteiger partial charge in [-0.3, -0.25) is 5.32 Å². The molecule has 2 N–H and O–H groups in total. The number of rotatable bonds is 7. The first-order chi connectivity index (χ1) is 12.2. The summed E-state index contributed by atoms with van der Waals surface area (Å²) >= 11 is 1.56. The number of hydrogen-bond donors (Lipinski definition) is 2. The molecule has 7 nitrogen and oxygen atoms in total. The van der Waals surface area contributed by atoms with E-state index in [0.717, 1.165) is 21.0 Å². The van der Waals surface area contributed by atoms with Gasteiger partial charge in [-0.2, -0.15) is 0 Å². The van der Waals surface area contributed by atoms with Crippen LogP contribution in [-0.2, 0) is 16.0 Å². The number of benzene rings is 1. The van der Waals surface area contributed by atoms with Crippen molar-refractivity contribution in [1.82, 2.24) is 9.97 Å². The standard InChI is InChI=1S/C17H18N4O3S/c1-23-8-9-24-17(22)20-13-5-2-4-12(10-13)19-11-15-21-14-6-3-7-18-16(14)25-15/h2-7,10,19H,8-9,11H2,1H3,(H,20,22). The minimum atomic E-state index is -0.508. The predicted octanol–water partition coefficient (Wildman–Crippen LogP) is 3.50. The van der Waals surface area contributed by atoms with Crippen LogP contribution in [0.15, 0.2) is 42.6 Å². The summed E-state index contributed by atoms with van der Waals surface area (Å²) < 4.78 is 9.81. The van der Waals surface area contributed by atoms with E-state index in [-0.39, 0.29) is 6.61 Å². The minimum Gasteiger partial charge on any atom is -0.447 e. The predicted molar refractivity (Wildman–Crippen MR) is 98.0 cm³/mol. The van der Waals surface area contributed by atoms with E-state index >= 15 is 0 Å². The van der Waals surface area contributed by atoms with E-state index in [1.165, 1.54) is 0 Å². The Morgan fingerprint density at radius 1 is 1.20 bits per heavy atom. The number of carbonyl (C=O) groups excluding carboxylic acids is 1. The summed E-state index contributed by atoms with van der Waals surface area (Å²) in [5.41, 5.74) is 2.43. The van der Waals surface area contributed by atoms with Crippen LogP contribution < -0.4 is 10.6 Å². The summed E-state index contributed by atoms with van der Waals surface area (Å²) in [5.74, 6) is 0. The monoisotopic (exact) mass is 358 g/mol. The third-order valence-corrected chi connectivity index (χ3v) is 4.26. The molecule has 2 aromatic heterocycles. The average molecular weight is 358 g/mol. The molecular formula is C17H18N4O3S. The summed E-state index contributed by atoms with van der Waals surface area (Å²) in [7, 11) is 1.55. The lowest BCUT2D eigenvalue weighted by Gasteiger charge is -2.09. The van der Waals surface area contributed by atoms with Crippen molar-refractivity contribution in [3.63, 3.8) is 0 Å². The molecule has 3 rings (SSSR count). The highest BCUT2D eigenvalue weighted by atomic mass is 32.1. The lowest BCUT2D eigenvalue weighted by atomic mass is 10.3. The first-order valence-electron chi connectivity index (χ1n) is 7.71. The first kappa shape index (κ1) is 17.1. The van der Waals surface area contributed by atoms with E-state index in [0.29, 0.717) is 18.8 Å². The van der Waals surface area contributed by atoms with Gasteiger partial charge in [0, 0.05) is 24.7 Å². The maximum Gasteiger partial charge on any atom is 0.411 e. The molecule has 0 aliphatic heterocycles. The quantitative estimate of drug-likeness (QED) is 0.629. The van der Waals surface area contributed by atoms with Gasteiger partial charge in [-0.05, 0) is 30.3 Å². The molecule has 0 fully saturated rings. The molecule has 1 amide bonds. The van der Waals surface area contributed by atoms with Crippen molar-refractivity contribution in [2.24, 2.45) is 0 Å². The number of nitrogens with zero attached hydrogens (tertiary/aromatic N) is 2. The van der Waals surface area contributed by atoms with Gasteiger partial charge in [-0.1, -0.05) is 17.4 Å². The summed E-state index contributed by atoms with van der Waals surface area (Å²) in [6.45, 7) is 1.17. The number of fused-ring (bicyclic) bond motifs is 1. The lowest BCUT2D eigenvalue weighted by molar-refractivity contribution is 0.107. The Labute approximate surface area is 149 Å². The Kier molecular flexibility index (Phi) is 5.76. The van der Waals surface area contributed by atoms with Crippen LogP contribution in [-0.4, -0.2) is 36.4 Å². The van der Waals surface area contributed by atoms with Gasteiger partial charge < -0.3 is 14.8 Å². The number of amides is 1. The zero-order valence-corrected chi connectivity index (χ0v) is 14.5. The highest BCUT2D eigenvalue weighted by Gasteiger charge is 2.06. The Balaban J connectivity index is 1.56. The molecule has 3 aromatic rings. The topological polar surface area (TPSA) is 85.4 Å². The summed E-state index contributed by atoms with van der Waals surface area (Å²) in [6.07, 6.45) is 1.25. The van der Waals surface area contributed by atoms with Gasteiger partial charge in [-0.25, -0.2) is 14.8 Å². The normalized spacial score (nSPS) is 10.6. The largest absolute Gasteiger partial charge is 0.447 e. The fraction of sp³-hybridized carbons (Fsp3) is 0.235. The second-order valence-corrected chi connectivity index (χ2v) is 6.19. The maximum atomic E-state index is 11.7. The molecule has 130 valence electrons. The summed E-state index contributed by atoms with van der Waals surface area (Å²) in [4.78, 5) is 21.4. The molecule has 0 saturated heterocycles. The number of hydrogen-bond acceptors (Lipinski definition) is 7. The van der Waals surface area contributed by atoms with Crippen LogP contribution in [0.3, 0.4) is 0 Å². The molecule has 0 spiro atoms. The van der Waals surface area contributed by atoms with Crippen LogP contribution >= 0.6 is 11.3 Å². The van der Waals surface area contributed by atoms with E-state index in [4.69, 9.17) is 9.47 Å². The smallest absolute Gasteiger partial charge is 0.411 e. The van der Waals surface area contributed by atoms with Crippen molar-refractivity contribution < 1.29 is 14.3 Å². The van der Waals surface area contributed by atoms with Crippen molar-refractivity contribution in [2.45, 2.75) is 6.54 Å². The first-order valence-corrected chi connectivity index (χ1v) is 8.53. The van der Waals surface area contributed by atoms with Crippen molar-refractivity contribution >= 4 is 39.2 Å². The van der Waals surface area contributed by atoms with Crippen LogP contribution in [0, 0.1) is 0 Å². The summed E-state index contributed by atoms with van der Waals surface area (Å²) in [6, 6.07) is 11.2. The Morgan fingerprint density at radius 2 is 2.08 bits per heavy atom. The molecule has 0 bridgehead atoms. The third-order valence-electron chi connectivity index (χ3n) is 3.28. The number of anilines is 2. The number of aromatic nitrogens is 2. The fourth-order valence-electron chi connectivity index (χ4n) is 2.15. The molecule has 0 saturated carbocycles. The highest BCUT2D eigenvalue weighted by Crippen LogP contribution is 2.21. The van der Waals surface area contributed by atoms with Crippen LogP contribution in [0.2, 0.25) is 0 Å². The van der Waals surface area contributed by atoms with Gasteiger partial charge in [0.25, 0.3) is 0 Å². The Bertz CT molecular complexity index is 820. The number of ether oxygens (including phenoxy) is 2. The van der Waals surface area contributed by atoms with E-state index in [2.05, 4.69) is 20.6 Å². The second-order valence-electron chi connectivity index (χ2n) is 5.12. The third kappa shape index (κ3) is 4.88. The SMILES string of the molecule is COCCOC(=O)Nc1cccc(NCc2nc3cccnc3s2)c1. The van der Waals surface area contributed by atoms with Gasteiger partial charge in [0.05, 0.1) is 13.2 Å². The molecule has 0 aliphatic rings.